The molecule has 4 nitrogen and oxygen atoms in total. The Morgan fingerprint density at radius 3 is 1.46 bits per heavy atom. The average molecular weight is 337 g/mol. The quantitative estimate of drug-likeness (QED) is 0.692. The van der Waals surface area contributed by atoms with Gasteiger partial charge in [0.1, 0.15) is 0 Å². The minimum Gasteiger partial charge on any atom is -0.353 e. The zero-order chi connectivity index (χ0) is 17.4. The normalized spacial score (nSPS) is 30.6. The minimum atomic E-state index is 0.162. The van der Waals surface area contributed by atoms with Crippen LogP contribution in [0.15, 0.2) is 0 Å². The molecule has 0 radical (unpaired) electrons. The molecule has 0 spiro atoms. The topological polar surface area (TPSA) is 58.2 Å². The van der Waals surface area contributed by atoms with Gasteiger partial charge in [-0.05, 0) is 50.4 Å². The molecule has 0 saturated heterocycles. The van der Waals surface area contributed by atoms with E-state index < -0.39 is 0 Å². The van der Waals surface area contributed by atoms with Crippen LogP contribution in [-0.4, -0.2) is 23.9 Å². The summed E-state index contributed by atoms with van der Waals surface area (Å²) in [5, 5.41) is 6.38. The van der Waals surface area contributed by atoms with Crippen molar-refractivity contribution in [2.75, 3.05) is 0 Å². The van der Waals surface area contributed by atoms with E-state index in [0.717, 1.165) is 25.7 Å². The Morgan fingerprint density at radius 1 is 0.708 bits per heavy atom. The van der Waals surface area contributed by atoms with E-state index in [0.29, 0.717) is 36.8 Å². The summed E-state index contributed by atoms with van der Waals surface area (Å²) in [5.41, 5.74) is 0. The Bertz CT molecular complexity index is 372. The van der Waals surface area contributed by atoms with Crippen molar-refractivity contribution < 1.29 is 9.59 Å². The van der Waals surface area contributed by atoms with Gasteiger partial charge in [0.05, 0.1) is 0 Å². The van der Waals surface area contributed by atoms with Crippen LogP contribution < -0.4 is 10.6 Å². The second-order valence-electron chi connectivity index (χ2n) is 8.08. The van der Waals surface area contributed by atoms with Crippen LogP contribution in [0, 0.1) is 11.8 Å². The molecular weight excluding hydrogens is 300 g/mol. The number of carbonyl (C=O) groups is 2. The molecule has 0 bridgehead atoms. The second kappa shape index (κ2) is 10.0. The molecule has 138 valence electrons. The van der Waals surface area contributed by atoms with Crippen LogP contribution >= 0.6 is 0 Å². The van der Waals surface area contributed by atoms with Crippen molar-refractivity contribution in [2.24, 2.45) is 11.8 Å². The predicted octanol–water partition coefficient (Wildman–Crippen LogP) is 3.94. The number of nitrogens with one attached hydrogen (secondary N) is 2. The van der Waals surface area contributed by atoms with Crippen molar-refractivity contribution in [3.8, 4) is 0 Å². The van der Waals surface area contributed by atoms with E-state index in [2.05, 4.69) is 24.5 Å². The average Bonchev–Trinajstić information content (AvgIpc) is 2.56. The van der Waals surface area contributed by atoms with Gasteiger partial charge in [0.15, 0.2) is 0 Å². The summed E-state index contributed by atoms with van der Waals surface area (Å²) < 4.78 is 0. The molecule has 4 atom stereocenters. The summed E-state index contributed by atoms with van der Waals surface area (Å²) in [5.74, 6) is 1.53. The maximum absolute atomic E-state index is 12.0. The van der Waals surface area contributed by atoms with Gasteiger partial charge in [-0.15, -0.1) is 0 Å². The predicted molar refractivity (Wildman–Crippen MR) is 97.6 cm³/mol. The number of unbranched alkanes of at least 4 members (excludes halogenated alkanes) is 1. The zero-order valence-corrected chi connectivity index (χ0v) is 15.6. The SMILES string of the molecule is C[C@H]1CCCC[C@@H]1NC(=O)CCCCC(=O)N[C@@H]1CCCC[C@@H]1C. The third kappa shape index (κ3) is 6.45. The number of rotatable bonds is 7. The van der Waals surface area contributed by atoms with Crippen LogP contribution in [0.3, 0.4) is 0 Å². The van der Waals surface area contributed by atoms with Gasteiger partial charge in [0.25, 0.3) is 0 Å². The van der Waals surface area contributed by atoms with Crippen LogP contribution in [-0.2, 0) is 9.59 Å². The number of hydrogen-bond donors (Lipinski definition) is 2. The van der Waals surface area contributed by atoms with Crippen LogP contribution in [0.5, 0.6) is 0 Å². The first kappa shape index (κ1) is 19.3. The lowest BCUT2D eigenvalue weighted by Crippen LogP contribution is -2.41. The van der Waals surface area contributed by atoms with Crippen molar-refractivity contribution in [1.29, 1.82) is 0 Å². The number of hydrogen-bond acceptors (Lipinski definition) is 2. The molecule has 4 heteroatoms. The van der Waals surface area contributed by atoms with Crippen LogP contribution in [0.2, 0.25) is 0 Å². The molecular formula is C20H36N2O2. The van der Waals surface area contributed by atoms with Crippen molar-refractivity contribution in [3.05, 3.63) is 0 Å². The maximum atomic E-state index is 12.0. The van der Waals surface area contributed by atoms with Crippen LogP contribution in [0.1, 0.15) is 90.9 Å². The van der Waals surface area contributed by atoms with Crippen molar-refractivity contribution in [1.82, 2.24) is 10.6 Å². The van der Waals surface area contributed by atoms with E-state index in [4.69, 9.17) is 0 Å². The molecule has 0 aliphatic heterocycles. The standard InChI is InChI=1S/C20H36N2O2/c1-15-9-3-5-11-17(15)21-19(23)13-7-8-14-20(24)22-18-12-6-4-10-16(18)2/h15-18H,3-14H2,1-2H3,(H,21,23)(H,22,24)/t15-,16-,17-,18+/m0/s1. The van der Waals surface area contributed by atoms with E-state index in [1.54, 1.807) is 0 Å². The highest BCUT2D eigenvalue weighted by Gasteiger charge is 2.23. The molecule has 2 amide bonds. The van der Waals surface area contributed by atoms with Gasteiger partial charge in [0, 0.05) is 24.9 Å². The van der Waals surface area contributed by atoms with Crippen molar-refractivity contribution in [3.63, 3.8) is 0 Å². The Balaban J connectivity index is 1.55. The summed E-state index contributed by atoms with van der Waals surface area (Å²) in [6, 6.07) is 0.727. The van der Waals surface area contributed by atoms with Gasteiger partial charge in [-0.3, -0.25) is 9.59 Å². The van der Waals surface area contributed by atoms with Gasteiger partial charge in [-0.2, -0.15) is 0 Å². The van der Waals surface area contributed by atoms with Crippen LogP contribution in [0.25, 0.3) is 0 Å². The molecule has 0 aromatic carbocycles. The first-order valence-corrected chi connectivity index (χ1v) is 10.1. The van der Waals surface area contributed by atoms with Gasteiger partial charge >= 0.3 is 0 Å². The first-order valence-electron chi connectivity index (χ1n) is 10.1. The first-order chi connectivity index (χ1) is 11.6. The molecule has 2 rings (SSSR count). The van der Waals surface area contributed by atoms with E-state index in [9.17, 15) is 9.59 Å². The molecule has 2 saturated carbocycles. The zero-order valence-electron chi connectivity index (χ0n) is 15.6. The highest BCUT2D eigenvalue weighted by Crippen LogP contribution is 2.24. The Morgan fingerprint density at radius 2 is 1.08 bits per heavy atom. The molecule has 2 fully saturated rings. The summed E-state index contributed by atoms with van der Waals surface area (Å²) in [6.07, 6.45) is 12.5. The van der Waals surface area contributed by atoms with E-state index >= 15 is 0 Å². The Labute approximate surface area is 147 Å². The molecule has 2 aliphatic carbocycles. The highest BCUT2D eigenvalue weighted by molar-refractivity contribution is 5.77. The van der Waals surface area contributed by atoms with Gasteiger partial charge in [0.2, 0.25) is 11.8 Å². The highest BCUT2D eigenvalue weighted by atomic mass is 16.2. The van der Waals surface area contributed by atoms with Gasteiger partial charge < -0.3 is 10.6 Å². The lowest BCUT2D eigenvalue weighted by atomic mass is 9.86. The monoisotopic (exact) mass is 336 g/mol. The maximum Gasteiger partial charge on any atom is 0.220 e. The Kier molecular flexibility index (Phi) is 8.07. The summed E-state index contributed by atoms with van der Waals surface area (Å²) >= 11 is 0. The molecule has 0 unspecified atom stereocenters. The molecule has 24 heavy (non-hydrogen) atoms. The fourth-order valence-electron chi connectivity index (χ4n) is 4.19. The summed E-state index contributed by atoms with van der Waals surface area (Å²) in [4.78, 5) is 24.1. The molecule has 2 N–H and O–H groups in total. The smallest absolute Gasteiger partial charge is 0.220 e. The van der Waals surface area contributed by atoms with Crippen molar-refractivity contribution >= 4 is 11.8 Å². The lowest BCUT2D eigenvalue weighted by Gasteiger charge is -2.29. The largest absolute Gasteiger partial charge is 0.353 e. The number of amides is 2. The van der Waals surface area contributed by atoms with E-state index in [1.807, 2.05) is 0 Å². The van der Waals surface area contributed by atoms with Crippen molar-refractivity contribution in [2.45, 2.75) is 103 Å². The fourth-order valence-corrected chi connectivity index (χ4v) is 4.19. The molecule has 0 heterocycles. The van der Waals surface area contributed by atoms with Gasteiger partial charge in [-0.1, -0.05) is 39.5 Å². The van der Waals surface area contributed by atoms with E-state index in [-0.39, 0.29) is 11.8 Å². The lowest BCUT2D eigenvalue weighted by molar-refractivity contribution is -0.124. The third-order valence-electron chi connectivity index (χ3n) is 5.97. The van der Waals surface area contributed by atoms with E-state index in [1.165, 1.54) is 38.5 Å². The fraction of sp³-hybridized carbons (Fsp3) is 0.900. The molecule has 2 aliphatic rings. The molecule has 0 aromatic rings. The van der Waals surface area contributed by atoms with Crippen LogP contribution in [0.4, 0.5) is 0 Å². The summed E-state index contributed by atoms with van der Waals surface area (Å²) in [6.45, 7) is 4.47. The molecule has 0 aromatic heterocycles. The second-order valence-corrected chi connectivity index (χ2v) is 8.08. The third-order valence-corrected chi connectivity index (χ3v) is 5.97. The Hall–Kier alpha value is -1.06. The number of carbonyl (C=O) groups excluding carboxylic acids is 2. The minimum absolute atomic E-state index is 0.162. The van der Waals surface area contributed by atoms with Gasteiger partial charge in [-0.25, -0.2) is 0 Å². The summed E-state index contributed by atoms with van der Waals surface area (Å²) in [7, 11) is 0.